The monoisotopic (exact) mass is 589 g/mol. The van der Waals surface area contributed by atoms with Crippen LogP contribution >= 0.6 is 23.2 Å². The molecule has 39 heavy (non-hydrogen) atoms. The van der Waals surface area contributed by atoms with Gasteiger partial charge in [0.25, 0.3) is 10.0 Å². The summed E-state index contributed by atoms with van der Waals surface area (Å²) in [5, 5.41) is 12.8. The number of nitrogens with zero attached hydrogens (tertiary/aromatic N) is 4. The number of esters is 1. The van der Waals surface area contributed by atoms with Gasteiger partial charge in [0.15, 0.2) is 5.82 Å². The van der Waals surface area contributed by atoms with E-state index in [-0.39, 0.29) is 20.6 Å². The Morgan fingerprint density at radius 3 is 2.36 bits per heavy atom. The quantitative estimate of drug-likeness (QED) is 0.235. The number of sulfonamides is 1. The molecule has 2 aromatic heterocycles. The molecule has 0 fully saturated rings. The average molecular weight is 591 g/mol. The van der Waals surface area contributed by atoms with Crippen molar-refractivity contribution in [2.24, 2.45) is 0 Å². The lowest BCUT2D eigenvalue weighted by Gasteiger charge is -2.26. The molecule has 0 aliphatic carbocycles. The van der Waals surface area contributed by atoms with Crippen molar-refractivity contribution in [3.05, 3.63) is 70.8 Å². The van der Waals surface area contributed by atoms with Crippen LogP contribution in [0, 0.1) is 0 Å². The number of fused-ring (bicyclic) bond motifs is 1. The fourth-order valence-electron chi connectivity index (χ4n) is 3.90. The Balaban J connectivity index is 1.74. The molecule has 12 heteroatoms. The third kappa shape index (κ3) is 6.81. The molecule has 0 aliphatic rings. The first-order valence-electron chi connectivity index (χ1n) is 12.3. The molecule has 0 atom stereocenters. The van der Waals surface area contributed by atoms with Crippen molar-refractivity contribution in [1.29, 1.82) is 0 Å². The van der Waals surface area contributed by atoms with Crippen molar-refractivity contribution in [1.82, 2.24) is 14.8 Å². The van der Waals surface area contributed by atoms with Crippen LogP contribution in [0.5, 0.6) is 0 Å². The van der Waals surface area contributed by atoms with Crippen molar-refractivity contribution >= 4 is 61.6 Å². The number of nitrogens with one attached hydrogen (secondary N) is 1. The van der Waals surface area contributed by atoms with Crippen molar-refractivity contribution in [3.63, 3.8) is 0 Å². The second-order valence-corrected chi connectivity index (χ2v) is 12.6. The average Bonchev–Trinajstić information content (AvgIpc) is 3.28. The summed E-state index contributed by atoms with van der Waals surface area (Å²) in [6.07, 6.45) is 2.79. The van der Waals surface area contributed by atoms with E-state index in [1.54, 1.807) is 39.0 Å². The number of carbonyl (C=O) groups excluding carboxylic acids is 1. The third-order valence-electron chi connectivity index (χ3n) is 5.53. The molecule has 0 spiro atoms. The molecule has 1 N–H and O–H groups in total. The van der Waals surface area contributed by atoms with E-state index >= 15 is 0 Å². The maximum Gasteiger partial charge on any atom is 0.327 e. The largest absolute Gasteiger partial charge is 0.459 e. The van der Waals surface area contributed by atoms with Crippen LogP contribution in [0.15, 0.2) is 65.7 Å². The topological polar surface area (TPSA) is 106 Å². The van der Waals surface area contributed by atoms with E-state index in [1.807, 2.05) is 29.0 Å². The van der Waals surface area contributed by atoms with E-state index in [2.05, 4.69) is 22.4 Å². The molecule has 0 radical (unpaired) electrons. The van der Waals surface area contributed by atoms with Crippen molar-refractivity contribution in [2.45, 2.75) is 44.6 Å². The Morgan fingerprint density at radius 2 is 1.74 bits per heavy atom. The normalized spacial score (nSPS) is 11.9. The van der Waals surface area contributed by atoms with E-state index in [0.29, 0.717) is 11.6 Å². The van der Waals surface area contributed by atoms with Gasteiger partial charge in [-0.15, -0.1) is 10.2 Å². The maximum atomic E-state index is 13.8. The first-order valence-corrected chi connectivity index (χ1v) is 14.5. The van der Waals surface area contributed by atoms with Gasteiger partial charge in [-0.25, -0.2) is 8.42 Å². The molecule has 0 saturated carbocycles. The third-order valence-corrected chi connectivity index (χ3v) is 7.72. The molecule has 0 aliphatic heterocycles. The van der Waals surface area contributed by atoms with Crippen LogP contribution in [-0.2, 0) is 19.6 Å². The van der Waals surface area contributed by atoms with Crippen molar-refractivity contribution in [3.8, 4) is 5.82 Å². The Bertz CT molecular complexity index is 1580. The summed E-state index contributed by atoms with van der Waals surface area (Å²) in [7, 11) is -4.25. The highest BCUT2D eigenvalue weighted by Crippen LogP contribution is 2.31. The van der Waals surface area contributed by atoms with E-state index in [1.165, 1.54) is 18.2 Å². The predicted molar refractivity (Wildman–Crippen MR) is 154 cm³/mol. The number of carbonyl (C=O) groups is 1. The molecular weight excluding hydrogens is 561 g/mol. The minimum Gasteiger partial charge on any atom is -0.459 e. The smallest absolute Gasteiger partial charge is 0.327 e. The molecule has 0 bridgehead atoms. The Hall–Kier alpha value is -3.34. The lowest BCUT2D eigenvalue weighted by Crippen LogP contribution is -2.39. The zero-order valence-corrected chi connectivity index (χ0v) is 24.3. The van der Waals surface area contributed by atoms with Crippen molar-refractivity contribution in [2.75, 3.05) is 22.7 Å². The number of halogens is 2. The van der Waals surface area contributed by atoms with Crippen LogP contribution in [0.1, 0.15) is 34.1 Å². The highest BCUT2D eigenvalue weighted by atomic mass is 35.5. The van der Waals surface area contributed by atoms with Crippen LogP contribution in [-0.4, -0.2) is 47.8 Å². The number of hydrogen-bond donors (Lipinski definition) is 1. The Morgan fingerprint density at radius 1 is 1.03 bits per heavy atom. The summed E-state index contributed by atoms with van der Waals surface area (Å²) in [5.74, 6) is 0.582. The number of aromatic nitrogens is 3. The molecule has 0 unspecified atom stereocenters. The number of ether oxygens (including phenoxy) is 1. The van der Waals surface area contributed by atoms with Gasteiger partial charge in [-0.05, 0) is 81.8 Å². The molecular formula is C27H29Cl2N5O4S. The number of rotatable bonds is 9. The minimum atomic E-state index is -4.25. The lowest BCUT2D eigenvalue weighted by atomic mass is 10.2. The number of benzene rings is 2. The summed E-state index contributed by atoms with van der Waals surface area (Å²) in [4.78, 5) is 12.7. The fraction of sp³-hybridized carbons (Fsp3) is 0.296. The van der Waals surface area contributed by atoms with Gasteiger partial charge in [0.05, 0.1) is 16.1 Å². The van der Waals surface area contributed by atoms with Gasteiger partial charge in [0.1, 0.15) is 18.0 Å². The molecule has 4 rings (SSSR count). The Kier molecular flexibility index (Phi) is 8.39. The van der Waals surface area contributed by atoms with E-state index in [9.17, 15) is 13.2 Å². The molecule has 9 nitrogen and oxygen atoms in total. The van der Waals surface area contributed by atoms with Gasteiger partial charge in [0, 0.05) is 28.2 Å². The van der Waals surface area contributed by atoms with Gasteiger partial charge in [-0.3, -0.25) is 13.7 Å². The SMILES string of the molecule is CCCNc1ccc(-n2ccc3cc(N(CC(=O)OC(C)(C)C)S(=O)(=O)c4cc(Cl)cc(Cl)c4)ccc32)nn1. The van der Waals surface area contributed by atoms with E-state index in [0.717, 1.165) is 28.2 Å². The zero-order chi connectivity index (χ0) is 28.4. The summed E-state index contributed by atoms with van der Waals surface area (Å²) < 4.78 is 35.8. The molecule has 0 amide bonds. The van der Waals surface area contributed by atoms with Crippen LogP contribution in [0.3, 0.4) is 0 Å². The summed E-state index contributed by atoms with van der Waals surface area (Å²) in [5.41, 5.74) is 0.255. The van der Waals surface area contributed by atoms with Crippen LogP contribution in [0.2, 0.25) is 10.0 Å². The highest BCUT2D eigenvalue weighted by Gasteiger charge is 2.30. The summed E-state index contributed by atoms with van der Waals surface area (Å²) in [6.45, 7) is 7.46. The molecule has 0 saturated heterocycles. The van der Waals surface area contributed by atoms with Gasteiger partial charge in [-0.2, -0.15) is 0 Å². The van der Waals surface area contributed by atoms with Crippen LogP contribution in [0.25, 0.3) is 16.7 Å². The maximum absolute atomic E-state index is 13.8. The minimum absolute atomic E-state index is 0.145. The first kappa shape index (κ1) is 28.7. The number of anilines is 2. The van der Waals surface area contributed by atoms with Gasteiger partial charge >= 0.3 is 5.97 Å². The van der Waals surface area contributed by atoms with Crippen LogP contribution in [0.4, 0.5) is 11.5 Å². The first-order chi connectivity index (χ1) is 18.4. The van der Waals surface area contributed by atoms with Gasteiger partial charge in [0.2, 0.25) is 0 Å². The second kappa shape index (κ2) is 11.4. The number of hydrogen-bond acceptors (Lipinski definition) is 7. The summed E-state index contributed by atoms with van der Waals surface area (Å²) in [6, 6.07) is 14.6. The second-order valence-electron chi connectivity index (χ2n) is 9.84. The molecule has 206 valence electrons. The standard InChI is InChI=1S/C27H29Cl2N5O4S/c1-5-11-30-24-8-9-25(32-31-24)33-12-10-18-13-21(6-7-23(18)33)34(17-26(35)38-27(2,3)4)39(36,37)22-15-19(28)14-20(29)16-22/h6-10,12-16H,5,11,17H2,1-4H3,(H,30,31). The summed E-state index contributed by atoms with van der Waals surface area (Å²) >= 11 is 12.2. The fourth-order valence-corrected chi connectivity index (χ4v) is 6.02. The van der Waals surface area contributed by atoms with E-state index < -0.39 is 28.1 Å². The van der Waals surface area contributed by atoms with Crippen LogP contribution < -0.4 is 9.62 Å². The van der Waals surface area contributed by atoms with E-state index in [4.69, 9.17) is 27.9 Å². The Labute approximate surface area is 237 Å². The zero-order valence-electron chi connectivity index (χ0n) is 22.0. The molecule has 2 aromatic carbocycles. The van der Waals surface area contributed by atoms with Crippen molar-refractivity contribution < 1.29 is 17.9 Å². The highest BCUT2D eigenvalue weighted by molar-refractivity contribution is 7.92. The molecule has 4 aromatic rings. The lowest BCUT2D eigenvalue weighted by molar-refractivity contribution is -0.152. The van der Waals surface area contributed by atoms with Gasteiger partial charge < -0.3 is 10.1 Å². The van der Waals surface area contributed by atoms with Gasteiger partial charge in [-0.1, -0.05) is 30.1 Å². The predicted octanol–water partition coefficient (Wildman–Crippen LogP) is 6.09. The molecule has 2 heterocycles.